The number of aliphatic hydroxyl groups excluding tert-OH is 1. The Labute approximate surface area is 165 Å². The van der Waals surface area contributed by atoms with Crippen molar-refractivity contribution in [2.24, 2.45) is 4.99 Å². The molecular weight excluding hydrogens is 350 g/mol. The number of benzene rings is 2. The Morgan fingerprint density at radius 2 is 1.96 bits per heavy atom. The van der Waals surface area contributed by atoms with Gasteiger partial charge >= 0.3 is 0 Å². The maximum atomic E-state index is 9.74. The van der Waals surface area contributed by atoms with Crippen LogP contribution in [0.5, 0.6) is 0 Å². The minimum absolute atomic E-state index is 0.0215. The Morgan fingerprint density at radius 1 is 1.11 bits per heavy atom. The van der Waals surface area contributed by atoms with Crippen LogP contribution < -0.4 is 10.6 Å². The summed E-state index contributed by atoms with van der Waals surface area (Å²) in [5.41, 5.74) is 3.23. The van der Waals surface area contributed by atoms with E-state index in [0.717, 1.165) is 29.3 Å². The lowest BCUT2D eigenvalue weighted by atomic mass is 10.0. The van der Waals surface area contributed by atoms with Gasteiger partial charge in [0, 0.05) is 31.4 Å². The van der Waals surface area contributed by atoms with Gasteiger partial charge in [0.25, 0.3) is 0 Å². The molecule has 0 aliphatic heterocycles. The molecule has 1 atom stereocenters. The second kappa shape index (κ2) is 10.3. The van der Waals surface area contributed by atoms with Gasteiger partial charge in [0.05, 0.1) is 18.8 Å². The molecule has 2 aromatic carbocycles. The molecule has 1 unspecified atom stereocenters. The molecule has 3 aromatic rings. The number of hydrogen-bond acceptors (Lipinski definition) is 3. The Kier molecular flexibility index (Phi) is 7.21. The Bertz CT molecular complexity index is 862. The van der Waals surface area contributed by atoms with Gasteiger partial charge in [0.2, 0.25) is 0 Å². The van der Waals surface area contributed by atoms with Crippen molar-refractivity contribution in [3.8, 4) is 5.69 Å². The highest BCUT2D eigenvalue weighted by Crippen LogP contribution is 2.14. The summed E-state index contributed by atoms with van der Waals surface area (Å²) in [6.07, 6.45) is 3.69. The predicted molar refractivity (Wildman–Crippen MR) is 113 cm³/mol. The van der Waals surface area contributed by atoms with Gasteiger partial charge in [-0.3, -0.25) is 0 Å². The Morgan fingerprint density at radius 3 is 2.68 bits per heavy atom. The average molecular weight is 377 g/mol. The Balaban J connectivity index is 1.65. The molecule has 28 heavy (non-hydrogen) atoms. The van der Waals surface area contributed by atoms with Crippen molar-refractivity contribution >= 4 is 5.96 Å². The van der Waals surface area contributed by atoms with E-state index in [0.29, 0.717) is 13.1 Å². The number of rotatable bonds is 8. The van der Waals surface area contributed by atoms with Gasteiger partial charge in [-0.2, -0.15) is 5.10 Å². The van der Waals surface area contributed by atoms with E-state index in [1.165, 1.54) is 0 Å². The highest BCUT2D eigenvalue weighted by atomic mass is 16.3. The summed E-state index contributed by atoms with van der Waals surface area (Å²) >= 11 is 0. The van der Waals surface area contributed by atoms with Crippen LogP contribution in [-0.4, -0.2) is 40.5 Å². The predicted octanol–water partition coefficient (Wildman–Crippen LogP) is 2.70. The van der Waals surface area contributed by atoms with Gasteiger partial charge in [-0.15, -0.1) is 0 Å². The first-order valence-electron chi connectivity index (χ1n) is 9.57. The molecule has 3 rings (SSSR count). The number of guanidine groups is 1. The zero-order chi connectivity index (χ0) is 19.6. The molecule has 0 saturated carbocycles. The molecule has 0 aliphatic carbocycles. The molecule has 146 valence electrons. The summed E-state index contributed by atoms with van der Waals surface area (Å²) in [5, 5.41) is 20.6. The number of nitrogens with one attached hydrogen (secondary N) is 2. The first kappa shape index (κ1) is 19.6. The number of aliphatic hydroxyl groups is 1. The van der Waals surface area contributed by atoms with Crippen LogP contribution in [0, 0.1) is 0 Å². The average Bonchev–Trinajstić information content (AvgIpc) is 3.28. The number of hydrogen-bond donors (Lipinski definition) is 3. The fraction of sp³-hybridized carbons (Fsp3) is 0.273. The van der Waals surface area contributed by atoms with E-state index in [-0.39, 0.29) is 12.5 Å². The molecule has 3 N–H and O–H groups in total. The zero-order valence-corrected chi connectivity index (χ0v) is 16.1. The molecule has 0 bridgehead atoms. The highest BCUT2D eigenvalue weighted by Gasteiger charge is 2.10. The van der Waals surface area contributed by atoms with Gasteiger partial charge in [-0.1, -0.05) is 42.5 Å². The van der Waals surface area contributed by atoms with Crippen LogP contribution in [0.4, 0.5) is 0 Å². The monoisotopic (exact) mass is 377 g/mol. The number of nitrogens with zero attached hydrogens (tertiary/aromatic N) is 3. The molecule has 0 aliphatic rings. The SMILES string of the molecule is CCNC(=NCc1cccc(-n2cccn2)c1)NCC(CO)c1ccccc1. The quantitative estimate of drug-likeness (QED) is 0.417. The van der Waals surface area contributed by atoms with Crippen LogP contribution >= 0.6 is 0 Å². The second-order valence-corrected chi connectivity index (χ2v) is 6.49. The van der Waals surface area contributed by atoms with E-state index in [1.54, 1.807) is 6.20 Å². The minimum Gasteiger partial charge on any atom is -0.396 e. The van der Waals surface area contributed by atoms with E-state index in [9.17, 15) is 5.11 Å². The lowest BCUT2D eigenvalue weighted by Gasteiger charge is -2.18. The van der Waals surface area contributed by atoms with Crippen molar-refractivity contribution in [2.75, 3.05) is 19.7 Å². The summed E-state index contributed by atoms with van der Waals surface area (Å²) in [6.45, 7) is 4.06. The van der Waals surface area contributed by atoms with Crippen LogP contribution in [0.3, 0.4) is 0 Å². The van der Waals surface area contributed by atoms with Gasteiger partial charge in [0.1, 0.15) is 0 Å². The normalized spacial score (nSPS) is 12.6. The van der Waals surface area contributed by atoms with Crippen LogP contribution in [0.2, 0.25) is 0 Å². The molecule has 0 spiro atoms. The van der Waals surface area contributed by atoms with Crippen molar-refractivity contribution in [3.63, 3.8) is 0 Å². The molecule has 0 saturated heterocycles. The molecule has 0 amide bonds. The Hall–Kier alpha value is -3.12. The van der Waals surface area contributed by atoms with Gasteiger partial charge in [-0.25, -0.2) is 9.67 Å². The van der Waals surface area contributed by atoms with Crippen molar-refractivity contribution in [1.29, 1.82) is 0 Å². The van der Waals surface area contributed by atoms with Gasteiger partial charge in [0.15, 0.2) is 5.96 Å². The summed E-state index contributed by atoms with van der Waals surface area (Å²) < 4.78 is 1.84. The molecule has 6 nitrogen and oxygen atoms in total. The maximum absolute atomic E-state index is 9.74. The third-order valence-electron chi connectivity index (χ3n) is 4.45. The molecule has 1 heterocycles. The van der Waals surface area contributed by atoms with Crippen molar-refractivity contribution in [1.82, 2.24) is 20.4 Å². The third kappa shape index (κ3) is 5.44. The van der Waals surface area contributed by atoms with E-state index in [4.69, 9.17) is 0 Å². The lowest BCUT2D eigenvalue weighted by Crippen LogP contribution is -2.39. The smallest absolute Gasteiger partial charge is 0.191 e. The molecule has 6 heteroatoms. The third-order valence-corrected chi connectivity index (χ3v) is 4.45. The van der Waals surface area contributed by atoms with Crippen LogP contribution in [0.25, 0.3) is 5.69 Å². The molecular formula is C22H27N5O. The van der Waals surface area contributed by atoms with E-state index < -0.39 is 0 Å². The largest absolute Gasteiger partial charge is 0.396 e. The summed E-state index contributed by atoms with van der Waals surface area (Å²) in [7, 11) is 0. The van der Waals surface area contributed by atoms with Crippen molar-refractivity contribution < 1.29 is 5.11 Å². The summed E-state index contributed by atoms with van der Waals surface area (Å²) in [5.74, 6) is 0.759. The van der Waals surface area contributed by atoms with Crippen molar-refractivity contribution in [2.45, 2.75) is 19.4 Å². The standard InChI is InChI=1S/C22H27N5O/c1-2-23-22(25-16-20(17-28)19-9-4-3-5-10-19)24-15-18-8-6-11-21(14-18)27-13-7-12-26-27/h3-14,20,28H,2,15-17H2,1H3,(H2,23,24,25). The molecule has 1 aromatic heterocycles. The second-order valence-electron chi connectivity index (χ2n) is 6.49. The topological polar surface area (TPSA) is 74.5 Å². The zero-order valence-electron chi connectivity index (χ0n) is 16.1. The van der Waals surface area contributed by atoms with Crippen LogP contribution in [0.15, 0.2) is 78.0 Å². The van der Waals surface area contributed by atoms with Crippen molar-refractivity contribution in [3.05, 3.63) is 84.2 Å². The molecule has 0 fully saturated rings. The summed E-state index contributed by atoms with van der Waals surface area (Å²) in [6, 6.07) is 20.1. The lowest BCUT2D eigenvalue weighted by molar-refractivity contribution is 0.265. The minimum atomic E-state index is 0.0215. The maximum Gasteiger partial charge on any atom is 0.191 e. The highest BCUT2D eigenvalue weighted by molar-refractivity contribution is 5.79. The van der Waals surface area contributed by atoms with E-state index in [1.807, 2.05) is 66.3 Å². The number of aromatic nitrogens is 2. The summed E-state index contributed by atoms with van der Waals surface area (Å²) in [4.78, 5) is 4.69. The first-order valence-corrected chi connectivity index (χ1v) is 9.57. The number of aliphatic imine (C=N–C) groups is 1. The van der Waals surface area contributed by atoms with Crippen LogP contribution in [0.1, 0.15) is 24.0 Å². The van der Waals surface area contributed by atoms with Gasteiger partial charge in [-0.05, 0) is 36.2 Å². The first-order chi connectivity index (χ1) is 13.8. The van der Waals surface area contributed by atoms with Gasteiger partial charge < -0.3 is 15.7 Å². The fourth-order valence-corrected chi connectivity index (χ4v) is 2.96. The van der Waals surface area contributed by atoms with E-state index >= 15 is 0 Å². The van der Waals surface area contributed by atoms with E-state index in [2.05, 4.69) is 32.9 Å². The molecule has 0 radical (unpaired) electrons. The fourth-order valence-electron chi connectivity index (χ4n) is 2.96. The van der Waals surface area contributed by atoms with Crippen LogP contribution in [-0.2, 0) is 6.54 Å².